The highest BCUT2D eigenvalue weighted by molar-refractivity contribution is 8.02. The smallest absolute Gasteiger partial charge is 0.264 e. The third kappa shape index (κ3) is 3.44. The fourth-order valence-electron chi connectivity index (χ4n) is 0.811. The van der Waals surface area contributed by atoms with Gasteiger partial charge in [-0.15, -0.1) is 11.8 Å². The maximum Gasteiger partial charge on any atom is 0.264 e. The molecule has 0 aliphatic heterocycles. The van der Waals surface area contributed by atoms with Crippen molar-refractivity contribution in [1.82, 2.24) is 4.98 Å². The van der Waals surface area contributed by atoms with Crippen LogP contribution in [0.3, 0.4) is 0 Å². The number of nitro groups is 1. The lowest BCUT2D eigenvalue weighted by atomic mass is 10.4. The zero-order valence-corrected chi connectivity index (χ0v) is 8.32. The first-order valence-corrected chi connectivity index (χ1v) is 5.01. The quantitative estimate of drug-likeness (QED) is 0.608. The summed E-state index contributed by atoms with van der Waals surface area (Å²) in [7, 11) is 0. The molecule has 1 heterocycles. The highest BCUT2D eigenvalue weighted by Gasteiger charge is 2.01. The highest BCUT2D eigenvalue weighted by atomic mass is 32.2. The Morgan fingerprint density at radius 3 is 3.07 bits per heavy atom. The Bertz CT molecular complexity index is 340. The predicted octanol–water partition coefficient (Wildman–Crippen LogP) is 1.93. The van der Waals surface area contributed by atoms with E-state index in [0.29, 0.717) is 5.03 Å². The van der Waals surface area contributed by atoms with Gasteiger partial charge in [0, 0.05) is 6.20 Å². The lowest BCUT2D eigenvalue weighted by molar-refractivity contribution is -0.402. The van der Waals surface area contributed by atoms with Crippen LogP contribution in [-0.2, 0) is 0 Å². The molecule has 5 nitrogen and oxygen atoms in total. The van der Waals surface area contributed by atoms with E-state index >= 15 is 0 Å². The minimum Gasteiger partial charge on any atom is -0.344 e. The Morgan fingerprint density at radius 1 is 1.79 bits per heavy atom. The topological polar surface area (TPSA) is 68.1 Å². The summed E-state index contributed by atoms with van der Waals surface area (Å²) in [5, 5.41) is 13.6. The second-order valence-corrected chi connectivity index (χ2v) is 3.20. The van der Waals surface area contributed by atoms with Crippen LogP contribution < -0.4 is 5.32 Å². The Morgan fingerprint density at radius 2 is 2.57 bits per heavy atom. The van der Waals surface area contributed by atoms with E-state index in [1.165, 1.54) is 11.8 Å². The Balaban J connectivity index is 2.71. The van der Waals surface area contributed by atoms with Crippen LogP contribution in [0.1, 0.15) is 0 Å². The molecule has 0 spiro atoms. The van der Waals surface area contributed by atoms with Crippen molar-refractivity contribution in [3.63, 3.8) is 0 Å². The molecule has 0 radical (unpaired) electrons. The van der Waals surface area contributed by atoms with Crippen molar-refractivity contribution in [2.75, 3.05) is 11.6 Å². The van der Waals surface area contributed by atoms with Crippen LogP contribution in [0.15, 0.2) is 35.8 Å². The monoisotopic (exact) mass is 211 g/mol. The first kappa shape index (κ1) is 10.5. The van der Waals surface area contributed by atoms with Gasteiger partial charge in [-0.05, 0) is 18.4 Å². The largest absolute Gasteiger partial charge is 0.344 e. The van der Waals surface area contributed by atoms with Crippen LogP contribution in [0.25, 0.3) is 0 Å². The van der Waals surface area contributed by atoms with Gasteiger partial charge in [0.2, 0.25) is 0 Å². The van der Waals surface area contributed by atoms with E-state index in [4.69, 9.17) is 0 Å². The van der Waals surface area contributed by atoms with Gasteiger partial charge in [-0.1, -0.05) is 0 Å². The standard InChI is InChI=1S/C8H9N3O2S/c1-14-8(6-11(12)13)10-7-3-2-4-9-5-7/h2-6,10H,1H3/b8-6-. The average Bonchev–Trinajstić information content (AvgIpc) is 2.17. The summed E-state index contributed by atoms with van der Waals surface area (Å²) in [6.45, 7) is 0. The molecule has 1 aromatic rings. The molecular formula is C8H9N3O2S. The Kier molecular flexibility index (Phi) is 3.93. The number of anilines is 1. The van der Waals surface area contributed by atoms with Crippen molar-refractivity contribution in [3.8, 4) is 0 Å². The summed E-state index contributed by atoms with van der Waals surface area (Å²) >= 11 is 1.27. The number of nitrogens with zero attached hydrogens (tertiary/aromatic N) is 2. The molecule has 1 aromatic heterocycles. The molecule has 14 heavy (non-hydrogen) atoms. The number of aromatic nitrogens is 1. The Hall–Kier alpha value is -1.56. The molecule has 0 atom stereocenters. The minimum absolute atomic E-state index is 0.475. The van der Waals surface area contributed by atoms with Crippen molar-refractivity contribution in [2.45, 2.75) is 0 Å². The summed E-state index contributed by atoms with van der Waals surface area (Å²) in [6.07, 6.45) is 5.93. The molecule has 0 fully saturated rings. The summed E-state index contributed by atoms with van der Waals surface area (Å²) in [5.74, 6) is 0. The minimum atomic E-state index is -0.491. The molecule has 0 unspecified atom stereocenters. The number of rotatable bonds is 4. The molecule has 74 valence electrons. The van der Waals surface area contributed by atoms with Crippen molar-refractivity contribution < 1.29 is 4.92 Å². The molecule has 0 amide bonds. The molecule has 0 aromatic carbocycles. The summed E-state index contributed by atoms with van der Waals surface area (Å²) < 4.78 is 0. The van der Waals surface area contributed by atoms with E-state index in [1.54, 1.807) is 30.8 Å². The lowest BCUT2D eigenvalue weighted by Gasteiger charge is -2.04. The van der Waals surface area contributed by atoms with Gasteiger partial charge in [0.1, 0.15) is 5.03 Å². The van der Waals surface area contributed by atoms with E-state index in [-0.39, 0.29) is 0 Å². The maximum absolute atomic E-state index is 10.2. The molecule has 6 heteroatoms. The third-order valence-corrected chi connectivity index (χ3v) is 2.02. The summed E-state index contributed by atoms with van der Waals surface area (Å²) in [6, 6.07) is 3.55. The fourth-order valence-corrected chi connectivity index (χ4v) is 1.22. The summed E-state index contributed by atoms with van der Waals surface area (Å²) in [5.41, 5.74) is 0.731. The number of pyridine rings is 1. The van der Waals surface area contributed by atoms with Gasteiger partial charge in [-0.3, -0.25) is 15.1 Å². The van der Waals surface area contributed by atoms with Gasteiger partial charge in [-0.25, -0.2) is 0 Å². The zero-order valence-electron chi connectivity index (χ0n) is 7.51. The predicted molar refractivity (Wildman–Crippen MR) is 56.5 cm³/mol. The number of hydrogen-bond donors (Lipinski definition) is 1. The van der Waals surface area contributed by atoms with Crippen molar-refractivity contribution in [3.05, 3.63) is 45.9 Å². The third-order valence-electron chi connectivity index (χ3n) is 1.37. The highest BCUT2D eigenvalue weighted by Crippen LogP contribution is 2.15. The number of thioether (sulfide) groups is 1. The lowest BCUT2D eigenvalue weighted by Crippen LogP contribution is -1.99. The molecule has 0 aliphatic rings. The van der Waals surface area contributed by atoms with Gasteiger partial charge in [0.05, 0.1) is 16.8 Å². The van der Waals surface area contributed by atoms with Crippen LogP contribution in [0, 0.1) is 10.1 Å². The maximum atomic E-state index is 10.2. The van der Waals surface area contributed by atoms with E-state index in [2.05, 4.69) is 10.3 Å². The van der Waals surface area contributed by atoms with Gasteiger partial charge in [0.15, 0.2) is 0 Å². The van der Waals surface area contributed by atoms with Crippen LogP contribution in [-0.4, -0.2) is 16.2 Å². The number of nitrogens with one attached hydrogen (secondary N) is 1. The van der Waals surface area contributed by atoms with Gasteiger partial charge in [0.25, 0.3) is 6.20 Å². The summed E-state index contributed by atoms with van der Waals surface area (Å²) in [4.78, 5) is 13.6. The van der Waals surface area contributed by atoms with E-state index < -0.39 is 4.92 Å². The van der Waals surface area contributed by atoms with Crippen LogP contribution in [0.5, 0.6) is 0 Å². The van der Waals surface area contributed by atoms with Crippen molar-refractivity contribution in [2.24, 2.45) is 0 Å². The van der Waals surface area contributed by atoms with Crippen molar-refractivity contribution >= 4 is 17.4 Å². The Labute approximate surface area is 85.4 Å². The van der Waals surface area contributed by atoms with Crippen LogP contribution >= 0.6 is 11.8 Å². The first-order chi connectivity index (χ1) is 6.72. The molecule has 1 rings (SSSR count). The number of hydrogen-bond acceptors (Lipinski definition) is 5. The van der Waals surface area contributed by atoms with E-state index in [0.717, 1.165) is 11.9 Å². The molecule has 0 saturated carbocycles. The molecule has 1 N–H and O–H groups in total. The molecule has 0 saturated heterocycles. The SMILES string of the molecule is CS/C(=C\[N+](=O)[O-])Nc1cccnc1. The van der Waals surface area contributed by atoms with Gasteiger partial charge in [-0.2, -0.15) is 0 Å². The second kappa shape index (κ2) is 5.23. The van der Waals surface area contributed by atoms with E-state index in [9.17, 15) is 10.1 Å². The van der Waals surface area contributed by atoms with Crippen molar-refractivity contribution in [1.29, 1.82) is 0 Å². The average molecular weight is 211 g/mol. The van der Waals surface area contributed by atoms with Crippen LogP contribution in [0.2, 0.25) is 0 Å². The zero-order chi connectivity index (χ0) is 10.4. The fraction of sp³-hybridized carbons (Fsp3) is 0.125. The molecule has 0 bridgehead atoms. The van der Waals surface area contributed by atoms with Crippen LogP contribution in [0.4, 0.5) is 5.69 Å². The molecule has 0 aliphatic carbocycles. The van der Waals surface area contributed by atoms with Gasteiger partial charge >= 0.3 is 0 Å². The van der Waals surface area contributed by atoms with E-state index in [1.807, 2.05) is 0 Å². The van der Waals surface area contributed by atoms with Gasteiger partial charge < -0.3 is 5.32 Å². The first-order valence-electron chi connectivity index (χ1n) is 3.78. The second-order valence-electron chi connectivity index (χ2n) is 2.35. The normalized spacial score (nSPS) is 11.1. The molecular weight excluding hydrogens is 202 g/mol.